The molecule has 3 nitrogen and oxygen atoms in total. The van der Waals surface area contributed by atoms with Crippen molar-refractivity contribution >= 4 is 37.8 Å². The number of halogens is 1. The van der Waals surface area contributed by atoms with E-state index in [9.17, 15) is 4.79 Å². The summed E-state index contributed by atoms with van der Waals surface area (Å²) in [5, 5.41) is 0. The van der Waals surface area contributed by atoms with Crippen molar-refractivity contribution in [2.75, 3.05) is 13.2 Å². The van der Waals surface area contributed by atoms with Crippen molar-refractivity contribution in [1.29, 1.82) is 0 Å². The van der Waals surface area contributed by atoms with E-state index in [1.54, 1.807) is 0 Å². The molecule has 0 aromatic rings. The predicted octanol–water partition coefficient (Wildman–Crippen LogP) is 2.17. The minimum atomic E-state index is -0.0695. The van der Waals surface area contributed by atoms with Gasteiger partial charge in [-0.3, -0.25) is 4.79 Å². The van der Waals surface area contributed by atoms with Gasteiger partial charge in [-0.25, -0.2) is 0 Å². The maximum Gasteiger partial charge on any atom is 0.306 e. The molecule has 4 unspecified atom stereocenters. The molecule has 2 rings (SSSR count). The van der Waals surface area contributed by atoms with Gasteiger partial charge in [0.2, 0.25) is 0 Å². The fraction of sp³-hybridized carbons (Fsp3) is 0.909. The Morgan fingerprint density at radius 1 is 1.69 bits per heavy atom. The van der Waals surface area contributed by atoms with Crippen LogP contribution >= 0.6 is 31.8 Å². The van der Waals surface area contributed by atoms with E-state index in [0.29, 0.717) is 30.7 Å². The Labute approximate surface area is 112 Å². The molecular weight excluding hydrogens is 338 g/mol. The van der Waals surface area contributed by atoms with Gasteiger partial charge < -0.3 is 9.47 Å². The Morgan fingerprint density at radius 3 is 3.06 bits per heavy atom. The second kappa shape index (κ2) is 5.07. The van der Waals surface area contributed by atoms with Gasteiger partial charge >= 0.3 is 5.97 Å². The second-order valence-electron chi connectivity index (χ2n) is 4.63. The number of carbonyl (C=O) groups is 1. The van der Waals surface area contributed by atoms with E-state index in [2.05, 4.69) is 31.8 Å². The van der Waals surface area contributed by atoms with E-state index in [-0.39, 0.29) is 9.39 Å². The summed E-state index contributed by atoms with van der Waals surface area (Å²) in [4.78, 5) is 11.5. The molecule has 2 fully saturated rings. The van der Waals surface area contributed by atoms with Crippen LogP contribution in [0.4, 0.5) is 0 Å². The van der Waals surface area contributed by atoms with Gasteiger partial charge in [-0.15, -0.1) is 9.24 Å². The lowest BCUT2D eigenvalue weighted by Crippen LogP contribution is -2.30. The van der Waals surface area contributed by atoms with E-state index in [1.807, 2.05) is 6.92 Å². The summed E-state index contributed by atoms with van der Waals surface area (Å²) >= 11 is 2.53. The SMILES string of the molecule is CCOC(=O)CC1C[C@]2(I)CCOC2C1P. The van der Waals surface area contributed by atoms with Crippen LogP contribution in [-0.2, 0) is 14.3 Å². The minimum absolute atomic E-state index is 0.0695. The first-order valence-electron chi connectivity index (χ1n) is 5.78. The molecule has 2 aliphatic rings. The average molecular weight is 356 g/mol. The van der Waals surface area contributed by atoms with Crippen LogP contribution in [0.15, 0.2) is 0 Å². The third-order valence-electron chi connectivity index (χ3n) is 3.55. The maximum atomic E-state index is 11.5. The zero-order valence-electron chi connectivity index (χ0n) is 9.45. The highest BCUT2D eigenvalue weighted by Gasteiger charge is 2.54. The van der Waals surface area contributed by atoms with Crippen LogP contribution in [0.1, 0.15) is 26.2 Å². The summed E-state index contributed by atoms with van der Waals surface area (Å²) in [5.41, 5.74) is 0.392. The van der Waals surface area contributed by atoms with Crippen LogP contribution in [0.5, 0.6) is 0 Å². The largest absolute Gasteiger partial charge is 0.466 e. The van der Waals surface area contributed by atoms with Gasteiger partial charge in [0.15, 0.2) is 0 Å². The zero-order valence-corrected chi connectivity index (χ0v) is 12.8. The topological polar surface area (TPSA) is 35.5 Å². The molecule has 0 aromatic carbocycles. The lowest BCUT2D eigenvalue weighted by molar-refractivity contribution is -0.144. The Balaban J connectivity index is 1.96. The predicted molar refractivity (Wildman–Crippen MR) is 74.0 cm³/mol. The minimum Gasteiger partial charge on any atom is -0.466 e. The Kier molecular flexibility index (Phi) is 4.13. The number of hydrogen-bond donors (Lipinski definition) is 0. The summed E-state index contributed by atoms with van der Waals surface area (Å²) in [6.07, 6.45) is 3.03. The molecule has 0 radical (unpaired) electrons. The summed E-state index contributed by atoms with van der Waals surface area (Å²) in [5.74, 6) is 0.325. The number of fused-ring (bicyclic) bond motifs is 1. The summed E-state index contributed by atoms with van der Waals surface area (Å²) < 4.78 is 11.1. The molecule has 0 amide bonds. The van der Waals surface area contributed by atoms with Crippen molar-refractivity contribution in [2.45, 2.75) is 41.4 Å². The van der Waals surface area contributed by atoms with Gasteiger partial charge in [-0.2, -0.15) is 0 Å². The average Bonchev–Trinajstić information content (AvgIpc) is 2.67. The molecule has 0 N–H and O–H groups in total. The van der Waals surface area contributed by atoms with Crippen LogP contribution in [0, 0.1) is 5.92 Å². The number of ether oxygens (including phenoxy) is 2. The van der Waals surface area contributed by atoms with Crippen molar-refractivity contribution in [3.8, 4) is 0 Å². The highest BCUT2D eigenvalue weighted by atomic mass is 127. The van der Waals surface area contributed by atoms with E-state index in [1.165, 1.54) is 0 Å². The van der Waals surface area contributed by atoms with Crippen LogP contribution in [0.3, 0.4) is 0 Å². The molecule has 16 heavy (non-hydrogen) atoms. The normalized spacial score (nSPS) is 42.1. The van der Waals surface area contributed by atoms with Gasteiger partial charge in [-0.05, 0) is 25.7 Å². The first-order valence-corrected chi connectivity index (χ1v) is 7.53. The van der Waals surface area contributed by atoms with Crippen molar-refractivity contribution in [3.63, 3.8) is 0 Å². The number of alkyl halides is 1. The van der Waals surface area contributed by atoms with Crippen LogP contribution < -0.4 is 0 Å². The summed E-state index contributed by atoms with van der Waals surface area (Å²) in [6, 6.07) is 0. The van der Waals surface area contributed by atoms with Crippen LogP contribution in [-0.4, -0.2) is 34.4 Å². The molecule has 1 aliphatic carbocycles. The molecule has 1 saturated heterocycles. The van der Waals surface area contributed by atoms with Crippen molar-refractivity contribution in [3.05, 3.63) is 0 Å². The first kappa shape index (κ1) is 13.0. The Bertz CT molecular complexity index is 286. The summed E-state index contributed by atoms with van der Waals surface area (Å²) in [7, 11) is 2.87. The Morgan fingerprint density at radius 2 is 2.44 bits per heavy atom. The fourth-order valence-corrected chi connectivity index (χ4v) is 5.31. The zero-order chi connectivity index (χ0) is 11.8. The van der Waals surface area contributed by atoms with E-state index in [0.717, 1.165) is 19.4 Å². The molecule has 0 aromatic heterocycles. The summed E-state index contributed by atoms with van der Waals surface area (Å²) in [6.45, 7) is 3.19. The van der Waals surface area contributed by atoms with Crippen LogP contribution in [0.25, 0.3) is 0 Å². The monoisotopic (exact) mass is 356 g/mol. The molecule has 92 valence electrons. The van der Waals surface area contributed by atoms with Gasteiger partial charge in [0.1, 0.15) is 0 Å². The van der Waals surface area contributed by atoms with E-state index in [4.69, 9.17) is 9.47 Å². The van der Waals surface area contributed by atoms with Crippen molar-refractivity contribution in [2.24, 2.45) is 5.92 Å². The quantitative estimate of drug-likeness (QED) is 0.337. The van der Waals surface area contributed by atoms with Crippen molar-refractivity contribution in [1.82, 2.24) is 0 Å². The van der Waals surface area contributed by atoms with Gasteiger partial charge in [-0.1, -0.05) is 22.6 Å². The smallest absolute Gasteiger partial charge is 0.306 e. The molecule has 5 atom stereocenters. The fourth-order valence-electron chi connectivity index (χ4n) is 2.78. The van der Waals surface area contributed by atoms with Crippen molar-refractivity contribution < 1.29 is 14.3 Å². The van der Waals surface area contributed by atoms with Gasteiger partial charge in [0.05, 0.1) is 16.1 Å². The number of hydrogen-bond acceptors (Lipinski definition) is 3. The molecule has 5 heteroatoms. The van der Waals surface area contributed by atoms with E-state index < -0.39 is 0 Å². The molecule has 0 bridgehead atoms. The van der Waals surface area contributed by atoms with Crippen LogP contribution in [0.2, 0.25) is 0 Å². The highest BCUT2D eigenvalue weighted by Crippen LogP contribution is 2.53. The standard InChI is InChI=1S/C11H18IO3P/c1-2-14-8(13)5-7-6-11(12)3-4-15-10(11)9(7)16/h7,9-10H,2-6,16H2,1H3/t7?,9?,10?,11-/m1/s1. The van der Waals surface area contributed by atoms with E-state index >= 15 is 0 Å². The highest BCUT2D eigenvalue weighted by molar-refractivity contribution is 14.1. The molecule has 1 aliphatic heterocycles. The molecular formula is C11H18IO3P. The van der Waals surface area contributed by atoms with Gasteiger partial charge in [0, 0.05) is 18.7 Å². The molecule has 0 spiro atoms. The number of esters is 1. The van der Waals surface area contributed by atoms with Gasteiger partial charge in [0.25, 0.3) is 0 Å². The lowest BCUT2D eigenvalue weighted by atomic mass is 10.00. The number of carbonyl (C=O) groups excluding carboxylic acids is 1. The second-order valence-corrected chi connectivity index (χ2v) is 7.54. The first-order chi connectivity index (χ1) is 7.57. The third kappa shape index (κ3) is 2.39. The molecule has 1 heterocycles. The molecule has 1 saturated carbocycles. The Hall–Kier alpha value is 0.590. The lowest BCUT2D eigenvalue weighted by Gasteiger charge is -2.21. The third-order valence-corrected chi connectivity index (χ3v) is 6.04. The maximum absolute atomic E-state index is 11.5. The number of rotatable bonds is 3.